The molecule has 0 bridgehead atoms. The van der Waals surface area contributed by atoms with E-state index in [9.17, 15) is 18.4 Å². The van der Waals surface area contributed by atoms with Crippen LogP contribution in [0, 0.1) is 0 Å². The number of benzene rings is 2. The van der Waals surface area contributed by atoms with Gasteiger partial charge < -0.3 is 18.7 Å². The molecule has 0 fully saturated rings. The van der Waals surface area contributed by atoms with E-state index in [4.69, 9.17) is 14.0 Å². The van der Waals surface area contributed by atoms with Gasteiger partial charge in [0.2, 0.25) is 5.82 Å². The summed E-state index contributed by atoms with van der Waals surface area (Å²) >= 11 is 0. The Morgan fingerprint density at radius 1 is 1.15 bits per heavy atom. The van der Waals surface area contributed by atoms with Crippen molar-refractivity contribution in [2.24, 2.45) is 0 Å². The van der Waals surface area contributed by atoms with Crippen LogP contribution in [-0.4, -0.2) is 39.6 Å². The van der Waals surface area contributed by atoms with Crippen LogP contribution in [0.25, 0.3) is 22.2 Å². The summed E-state index contributed by atoms with van der Waals surface area (Å²) in [6.45, 7) is -1.34. The number of rotatable bonds is 8. The Balaban J connectivity index is 1.52. The van der Waals surface area contributed by atoms with Gasteiger partial charge in [-0.2, -0.15) is 18.9 Å². The first-order valence-electron chi connectivity index (χ1n) is 10.0. The second-order valence-electron chi connectivity index (χ2n) is 6.85. The molecule has 2 aromatic carbocycles. The number of hydrogen-bond donors (Lipinski definition) is 0. The standard InChI is InChI=1S/C22H18F2N4O6/c1-3-28-20(29)14-7-5-4-6-13(14)18(26-28)21(30)32-11-17-25-19(27-34-17)12-8-9-15(33-22(23)24)16(10-12)31-2/h4-10,22H,3,11H2,1-2H3. The quantitative estimate of drug-likeness (QED) is 0.355. The van der Waals surface area contributed by atoms with Crippen LogP contribution in [0.2, 0.25) is 0 Å². The van der Waals surface area contributed by atoms with Crippen LogP contribution in [-0.2, 0) is 17.9 Å². The second kappa shape index (κ2) is 9.65. The van der Waals surface area contributed by atoms with Crippen molar-refractivity contribution in [2.75, 3.05) is 7.11 Å². The molecule has 0 N–H and O–H groups in total. The van der Waals surface area contributed by atoms with E-state index in [2.05, 4.69) is 20.0 Å². The molecule has 2 heterocycles. The number of alkyl halides is 2. The summed E-state index contributed by atoms with van der Waals surface area (Å²) in [5, 5.41) is 8.64. The third kappa shape index (κ3) is 4.56. The van der Waals surface area contributed by atoms with Crippen LogP contribution < -0.4 is 15.0 Å². The monoisotopic (exact) mass is 472 g/mol. The normalized spacial score (nSPS) is 11.1. The average Bonchev–Trinajstić information content (AvgIpc) is 3.32. The molecule has 34 heavy (non-hydrogen) atoms. The lowest BCUT2D eigenvalue weighted by Gasteiger charge is -2.10. The Bertz CT molecular complexity index is 1400. The van der Waals surface area contributed by atoms with Gasteiger partial charge in [0.25, 0.3) is 11.4 Å². The van der Waals surface area contributed by atoms with Gasteiger partial charge in [0, 0.05) is 17.5 Å². The van der Waals surface area contributed by atoms with Crippen LogP contribution in [0.15, 0.2) is 51.8 Å². The number of halogens is 2. The molecule has 4 aromatic rings. The van der Waals surface area contributed by atoms with Crippen molar-refractivity contribution in [3.05, 3.63) is 64.4 Å². The van der Waals surface area contributed by atoms with E-state index in [-0.39, 0.29) is 47.6 Å². The topological polar surface area (TPSA) is 119 Å². The first-order valence-corrected chi connectivity index (χ1v) is 10.0. The van der Waals surface area contributed by atoms with E-state index in [0.29, 0.717) is 16.3 Å². The SMILES string of the molecule is CCn1nc(C(=O)OCc2nc(-c3ccc(OC(F)F)c(OC)c3)no2)c2ccccc2c1=O. The number of nitrogens with zero attached hydrogens (tertiary/aromatic N) is 4. The number of carbonyl (C=O) groups excluding carboxylic acids is 1. The minimum atomic E-state index is -3.01. The molecule has 0 atom stereocenters. The average molecular weight is 472 g/mol. The van der Waals surface area contributed by atoms with Crippen molar-refractivity contribution in [3.8, 4) is 22.9 Å². The fraction of sp³-hybridized carbons (Fsp3) is 0.227. The molecule has 12 heteroatoms. The minimum absolute atomic E-state index is 0.0108. The van der Waals surface area contributed by atoms with Crippen molar-refractivity contribution in [1.29, 1.82) is 0 Å². The summed E-state index contributed by atoms with van der Waals surface area (Å²) in [5.41, 5.74) is 0.0789. The van der Waals surface area contributed by atoms with Gasteiger partial charge in [-0.05, 0) is 31.2 Å². The highest BCUT2D eigenvalue weighted by Gasteiger charge is 2.20. The second-order valence-corrected chi connectivity index (χ2v) is 6.85. The summed E-state index contributed by atoms with van der Waals surface area (Å²) in [7, 11) is 1.30. The lowest BCUT2D eigenvalue weighted by atomic mass is 10.1. The molecular weight excluding hydrogens is 454 g/mol. The van der Waals surface area contributed by atoms with Crippen LogP contribution in [0.3, 0.4) is 0 Å². The number of ether oxygens (including phenoxy) is 3. The van der Waals surface area contributed by atoms with E-state index < -0.39 is 12.6 Å². The van der Waals surface area contributed by atoms with Crippen molar-refractivity contribution in [3.63, 3.8) is 0 Å². The van der Waals surface area contributed by atoms with E-state index in [1.54, 1.807) is 31.2 Å². The third-order valence-electron chi connectivity index (χ3n) is 4.79. The van der Waals surface area contributed by atoms with Gasteiger partial charge in [-0.1, -0.05) is 23.4 Å². The number of fused-ring (bicyclic) bond motifs is 1. The maximum absolute atomic E-state index is 12.7. The lowest BCUT2D eigenvalue weighted by Crippen LogP contribution is -2.25. The van der Waals surface area contributed by atoms with Gasteiger partial charge in [-0.15, -0.1) is 0 Å². The molecule has 0 unspecified atom stereocenters. The number of carbonyl (C=O) groups is 1. The van der Waals surface area contributed by atoms with Crippen LogP contribution in [0.1, 0.15) is 23.3 Å². The molecule has 0 aliphatic carbocycles. The first-order chi connectivity index (χ1) is 16.4. The molecular formula is C22H18F2N4O6. The van der Waals surface area contributed by atoms with Gasteiger partial charge in [-0.3, -0.25) is 4.79 Å². The van der Waals surface area contributed by atoms with Crippen molar-refractivity contribution < 1.29 is 32.3 Å². The summed E-state index contributed by atoms with van der Waals surface area (Å²) in [4.78, 5) is 29.3. The number of esters is 1. The number of methoxy groups -OCH3 is 1. The molecule has 10 nitrogen and oxygen atoms in total. The van der Waals surface area contributed by atoms with Crippen molar-refractivity contribution in [1.82, 2.24) is 19.9 Å². The zero-order chi connectivity index (χ0) is 24.2. The molecule has 0 radical (unpaired) electrons. The zero-order valence-corrected chi connectivity index (χ0v) is 18.0. The van der Waals surface area contributed by atoms with Crippen molar-refractivity contribution >= 4 is 16.7 Å². The Labute approximate surface area is 190 Å². The van der Waals surface area contributed by atoms with Gasteiger partial charge in [0.1, 0.15) is 0 Å². The predicted molar refractivity (Wildman–Crippen MR) is 114 cm³/mol. The van der Waals surface area contributed by atoms with Gasteiger partial charge >= 0.3 is 12.6 Å². The summed E-state index contributed by atoms with van der Waals surface area (Å²) in [5.74, 6) is -0.751. The Morgan fingerprint density at radius 2 is 1.91 bits per heavy atom. The van der Waals surface area contributed by atoms with Gasteiger partial charge in [-0.25, -0.2) is 9.48 Å². The van der Waals surface area contributed by atoms with Crippen LogP contribution in [0.5, 0.6) is 11.5 Å². The third-order valence-corrected chi connectivity index (χ3v) is 4.79. The smallest absolute Gasteiger partial charge is 0.387 e. The molecule has 0 saturated heterocycles. The van der Waals surface area contributed by atoms with Crippen molar-refractivity contribution in [2.45, 2.75) is 26.7 Å². The van der Waals surface area contributed by atoms with E-state index >= 15 is 0 Å². The minimum Gasteiger partial charge on any atom is -0.493 e. The molecule has 2 aromatic heterocycles. The fourth-order valence-electron chi connectivity index (χ4n) is 3.23. The van der Waals surface area contributed by atoms with Crippen LogP contribution in [0.4, 0.5) is 8.78 Å². The number of hydrogen-bond acceptors (Lipinski definition) is 9. The van der Waals surface area contributed by atoms with Gasteiger partial charge in [0.05, 0.1) is 12.5 Å². The maximum Gasteiger partial charge on any atom is 0.387 e. The molecule has 176 valence electrons. The number of aromatic nitrogens is 4. The Morgan fingerprint density at radius 3 is 2.62 bits per heavy atom. The van der Waals surface area contributed by atoms with E-state index in [0.717, 1.165) is 0 Å². The molecule has 0 spiro atoms. The zero-order valence-electron chi connectivity index (χ0n) is 18.0. The molecule has 0 saturated carbocycles. The molecule has 0 amide bonds. The van der Waals surface area contributed by atoms with E-state index in [1.165, 1.54) is 30.0 Å². The van der Waals surface area contributed by atoms with Gasteiger partial charge in [0.15, 0.2) is 23.8 Å². The molecule has 0 aliphatic rings. The lowest BCUT2D eigenvalue weighted by molar-refractivity contribution is -0.0512. The first kappa shape index (κ1) is 22.8. The Kier molecular flexibility index (Phi) is 6.48. The van der Waals surface area contributed by atoms with E-state index in [1.807, 2.05) is 0 Å². The highest BCUT2D eigenvalue weighted by molar-refractivity contribution is 6.02. The highest BCUT2D eigenvalue weighted by atomic mass is 19.3. The molecule has 4 rings (SSSR count). The Hall–Kier alpha value is -4.35. The summed E-state index contributed by atoms with van der Waals surface area (Å²) in [6, 6.07) is 10.7. The largest absolute Gasteiger partial charge is 0.493 e. The number of aryl methyl sites for hydroxylation is 1. The van der Waals surface area contributed by atoms with Crippen LogP contribution >= 0.6 is 0 Å². The summed E-state index contributed by atoms with van der Waals surface area (Å²) in [6.07, 6.45) is 0. The fourth-order valence-corrected chi connectivity index (χ4v) is 3.23. The predicted octanol–water partition coefficient (Wildman–Crippen LogP) is 3.43. The maximum atomic E-state index is 12.7. The highest BCUT2D eigenvalue weighted by Crippen LogP contribution is 2.32. The summed E-state index contributed by atoms with van der Waals surface area (Å²) < 4.78 is 46.0. The molecule has 0 aliphatic heterocycles.